The highest BCUT2D eigenvalue weighted by Crippen LogP contribution is 2.28. The number of ether oxygens (including phenoxy) is 1. The van der Waals surface area contributed by atoms with Crippen LogP contribution in [0.15, 0.2) is 29.3 Å². The fraction of sp³-hybridized carbons (Fsp3) is 0.588. The lowest BCUT2D eigenvalue weighted by Gasteiger charge is -2.22. The van der Waals surface area contributed by atoms with E-state index in [2.05, 4.69) is 32.1 Å². The normalized spacial score (nSPS) is 18.4. The molecule has 2 N–H and O–H groups in total. The highest BCUT2D eigenvalue weighted by Gasteiger charge is 2.25. The molecule has 1 aromatic carbocycles. The van der Waals surface area contributed by atoms with Crippen molar-refractivity contribution < 1.29 is 13.2 Å². The van der Waals surface area contributed by atoms with Gasteiger partial charge < -0.3 is 15.0 Å². The highest BCUT2D eigenvalue weighted by atomic mass is 32.2. The molecule has 0 radical (unpaired) electrons. The fourth-order valence-electron chi connectivity index (χ4n) is 2.98. The van der Waals surface area contributed by atoms with Crippen LogP contribution in [0.3, 0.4) is 0 Å². The van der Waals surface area contributed by atoms with Gasteiger partial charge in [0.15, 0.2) is 5.96 Å². The molecule has 140 valence electrons. The molecule has 0 aliphatic carbocycles. The molecule has 1 heterocycles. The summed E-state index contributed by atoms with van der Waals surface area (Å²) >= 11 is 0. The van der Waals surface area contributed by atoms with E-state index in [4.69, 9.17) is 4.74 Å². The van der Waals surface area contributed by atoms with E-state index < -0.39 is 10.0 Å². The van der Waals surface area contributed by atoms with Crippen molar-refractivity contribution in [3.8, 4) is 5.75 Å². The molecule has 1 saturated heterocycles. The van der Waals surface area contributed by atoms with Gasteiger partial charge in [-0.2, -0.15) is 0 Å². The Balaban J connectivity index is 1.80. The summed E-state index contributed by atoms with van der Waals surface area (Å²) in [4.78, 5) is 6.59. The van der Waals surface area contributed by atoms with Crippen molar-refractivity contribution in [2.24, 2.45) is 4.99 Å². The van der Waals surface area contributed by atoms with Crippen molar-refractivity contribution >= 4 is 16.0 Å². The van der Waals surface area contributed by atoms with Gasteiger partial charge in [-0.1, -0.05) is 12.1 Å². The van der Waals surface area contributed by atoms with E-state index in [1.54, 1.807) is 14.2 Å². The molecule has 0 aromatic heterocycles. The van der Waals surface area contributed by atoms with Crippen molar-refractivity contribution in [2.45, 2.75) is 18.8 Å². The Labute approximate surface area is 150 Å². The van der Waals surface area contributed by atoms with Crippen LogP contribution in [0.25, 0.3) is 0 Å². The van der Waals surface area contributed by atoms with Crippen LogP contribution in [0.4, 0.5) is 0 Å². The molecule has 2 rings (SSSR count). The van der Waals surface area contributed by atoms with E-state index in [0.29, 0.717) is 25.4 Å². The third-order valence-corrected chi connectivity index (χ3v) is 5.02. The van der Waals surface area contributed by atoms with Crippen LogP contribution >= 0.6 is 0 Å². The lowest BCUT2D eigenvalue weighted by molar-refractivity contribution is 0.414. The van der Waals surface area contributed by atoms with E-state index in [9.17, 15) is 8.42 Å². The number of benzene rings is 1. The topological polar surface area (TPSA) is 83.0 Å². The minimum absolute atomic E-state index is 0.428. The largest absolute Gasteiger partial charge is 0.497 e. The van der Waals surface area contributed by atoms with Gasteiger partial charge in [-0.05, 0) is 30.5 Å². The standard InChI is InChI=1S/C17H28N4O3S/c1-18-17(19-10-4-11-20-25(3,22)23)21-12-9-15(13-21)14-5-7-16(24-2)8-6-14/h5-8,15,20H,4,9-13H2,1-3H3,(H,18,19). The number of methoxy groups -OCH3 is 1. The van der Waals surface area contributed by atoms with Crippen molar-refractivity contribution in [1.82, 2.24) is 14.9 Å². The number of rotatable bonds is 7. The first-order chi connectivity index (χ1) is 11.9. The molecule has 0 saturated carbocycles. The number of guanidine groups is 1. The average molecular weight is 369 g/mol. The molecule has 1 unspecified atom stereocenters. The van der Waals surface area contributed by atoms with E-state index in [1.807, 2.05) is 12.1 Å². The van der Waals surface area contributed by atoms with Gasteiger partial charge in [0.25, 0.3) is 0 Å². The van der Waals surface area contributed by atoms with Crippen LogP contribution in [-0.4, -0.2) is 65.9 Å². The molecular weight excluding hydrogens is 340 g/mol. The van der Waals surface area contributed by atoms with Crippen LogP contribution in [0.2, 0.25) is 0 Å². The fourth-order valence-corrected chi connectivity index (χ4v) is 3.49. The van der Waals surface area contributed by atoms with E-state index in [0.717, 1.165) is 31.2 Å². The minimum Gasteiger partial charge on any atom is -0.497 e. The molecule has 0 bridgehead atoms. The number of aliphatic imine (C=N–C) groups is 1. The maximum absolute atomic E-state index is 11.0. The van der Waals surface area contributed by atoms with Crippen LogP contribution in [0, 0.1) is 0 Å². The summed E-state index contributed by atoms with van der Waals surface area (Å²) in [5.74, 6) is 2.23. The predicted octanol–water partition coefficient (Wildman–Crippen LogP) is 0.999. The number of sulfonamides is 1. The lowest BCUT2D eigenvalue weighted by Crippen LogP contribution is -2.41. The molecule has 7 nitrogen and oxygen atoms in total. The Kier molecular flexibility index (Phi) is 7.07. The maximum atomic E-state index is 11.0. The number of nitrogens with one attached hydrogen (secondary N) is 2. The molecule has 8 heteroatoms. The van der Waals surface area contributed by atoms with Gasteiger partial charge in [-0.25, -0.2) is 13.1 Å². The summed E-state index contributed by atoms with van der Waals surface area (Å²) in [5, 5.41) is 3.31. The van der Waals surface area contributed by atoms with E-state index >= 15 is 0 Å². The SMILES string of the molecule is CN=C(NCCCNS(C)(=O)=O)N1CCC(c2ccc(OC)cc2)C1. The van der Waals surface area contributed by atoms with Gasteiger partial charge in [-0.3, -0.25) is 4.99 Å². The van der Waals surface area contributed by atoms with Gasteiger partial charge >= 0.3 is 0 Å². The molecule has 1 fully saturated rings. The third kappa shape index (κ3) is 6.21. The Bertz CT molecular complexity index is 674. The Morgan fingerprint density at radius 3 is 2.64 bits per heavy atom. The molecule has 0 amide bonds. The molecule has 1 aromatic rings. The number of nitrogens with zero attached hydrogens (tertiary/aromatic N) is 2. The highest BCUT2D eigenvalue weighted by molar-refractivity contribution is 7.88. The Hall–Kier alpha value is -1.80. The quantitative estimate of drug-likeness (QED) is 0.426. The zero-order valence-electron chi connectivity index (χ0n) is 15.2. The number of hydrogen-bond acceptors (Lipinski definition) is 4. The molecule has 25 heavy (non-hydrogen) atoms. The summed E-state index contributed by atoms with van der Waals surface area (Å²) in [6.45, 7) is 2.99. The number of hydrogen-bond donors (Lipinski definition) is 2. The van der Waals surface area contributed by atoms with Crippen LogP contribution in [-0.2, 0) is 10.0 Å². The van der Waals surface area contributed by atoms with E-state index in [1.165, 1.54) is 11.8 Å². The first kappa shape index (κ1) is 19.5. The third-order valence-electron chi connectivity index (χ3n) is 4.29. The summed E-state index contributed by atoms with van der Waals surface area (Å²) in [7, 11) is 0.333. The summed E-state index contributed by atoms with van der Waals surface area (Å²) < 4.78 is 29.8. The Morgan fingerprint density at radius 2 is 2.04 bits per heavy atom. The molecule has 1 aliphatic rings. The van der Waals surface area contributed by atoms with Gasteiger partial charge in [0, 0.05) is 39.1 Å². The lowest BCUT2D eigenvalue weighted by atomic mass is 9.98. The minimum atomic E-state index is -3.12. The van der Waals surface area contributed by atoms with Gasteiger partial charge in [0.2, 0.25) is 10.0 Å². The maximum Gasteiger partial charge on any atom is 0.208 e. The zero-order chi connectivity index (χ0) is 18.3. The summed E-state index contributed by atoms with van der Waals surface area (Å²) in [6.07, 6.45) is 2.97. The first-order valence-corrected chi connectivity index (χ1v) is 10.4. The first-order valence-electron chi connectivity index (χ1n) is 8.47. The summed E-state index contributed by atoms with van der Waals surface area (Å²) in [6, 6.07) is 8.25. The molecule has 0 spiro atoms. The Morgan fingerprint density at radius 1 is 1.32 bits per heavy atom. The van der Waals surface area contributed by atoms with Crippen molar-refractivity contribution in [3.05, 3.63) is 29.8 Å². The second kappa shape index (κ2) is 9.05. The van der Waals surface area contributed by atoms with Gasteiger partial charge in [-0.15, -0.1) is 0 Å². The number of likely N-dealkylation sites (tertiary alicyclic amines) is 1. The van der Waals surface area contributed by atoms with Crippen LogP contribution in [0.5, 0.6) is 5.75 Å². The second-order valence-corrected chi connectivity index (χ2v) is 8.03. The molecular formula is C17H28N4O3S. The average Bonchev–Trinajstić information content (AvgIpc) is 3.07. The zero-order valence-corrected chi connectivity index (χ0v) is 16.0. The van der Waals surface area contributed by atoms with Crippen LogP contribution < -0.4 is 14.8 Å². The molecule has 1 atom stereocenters. The summed E-state index contributed by atoms with van der Waals surface area (Å²) in [5.41, 5.74) is 1.32. The molecule has 1 aliphatic heterocycles. The van der Waals surface area contributed by atoms with Gasteiger partial charge in [0.05, 0.1) is 13.4 Å². The second-order valence-electron chi connectivity index (χ2n) is 6.20. The monoisotopic (exact) mass is 368 g/mol. The van der Waals surface area contributed by atoms with Gasteiger partial charge in [0.1, 0.15) is 5.75 Å². The van der Waals surface area contributed by atoms with E-state index in [-0.39, 0.29) is 0 Å². The van der Waals surface area contributed by atoms with Crippen LogP contribution in [0.1, 0.15) is 24.3 Å². The smallest absolute Gasteiger partial charge is 0.208 e. The predicted molar refractivity (Wildman–Crippen MR) is 101 cm³/mol. The van der Waals surface area contributed by atoms with Crippen molar-refractivity contribution in [3.63, 3.8) is 0 Å². The van der Waals surface area contributed by atoms with Crippen molar-refractivity contribution in [1.29, 1.82) is 0 Å². The van der Waals surface area contributed by atoms with Crippen molar-refractivity contribution in [2.75, 3.05) is 46.6 Å².